The van der Waals surface area contributed by atoms with E-state index in [1.54, 1.807) is 12.1 Å². The van der Waals surface area contributed by atoms with Gasteiger partial charge in [-0.3, -0.25) is 4.90 Å². The topological polar surface area (TPSA) is 64.0 Å². The largest absolute Gasteiger partial charge is 0.465 e. The molecule has 6 heteroatoms. The molecule has 2 fully saturated rings. The highest BCUT2D eigenvalue weighted by molar-refractivity contribution is 6.30. The molecule has 2 N–H and O–H groups in total. The molecule has 0 bridgehead atoms. The Bertz CT molecular complexity index is 655. The molecule has 0 aromatic heterocycles. The first kappa shape index (κ1) is 16.1. The molecule has 1 aromatic rings. The van der Waals surface area contributed by atoms with Crippen molar-refractivity contribution in [2.75, 3.05) is 19.6 Å². The fourth-order valence-corrected chi connectivity index (χ4v) is 3.61. The second-order valence-corrected chi connectivity index (χ2v) is 6.43. The Hall–Kier alpha value is -1.74. The predicted octanol–water partition coefficient (Wildman–Crippen LogP) is 1.88. The summed E-state index contributed by atoms with van der Waals surface area (Å²) in [4.78, 5) is 14.7. The van der Waals surface area contributed by atoms with Crippen LogP contribution in [0.3, 0.4) is 0 Å². The monoisotopic (exact) mass is 334 g/mol. The second-order valence-electron chi connectivity index (χ2n) is 5.99. The smallest absolute Gasteiger partial charge is 0.407 e. The average Bonchev–Trinajstić information content (AvgIpc) is 2.95. The SMILES string of the molecule is O=C(O)N1CCN2[C@@H](CC[C@@H]2C(O)C#Cc2cccc(Cl)c2)C1. The third kappa shape index (κ3) is 3.61. The average molecular weight is 335 g/mol. The number of piperazine rings is 1. The zero-order valence-electron chi connectivity index (χ0n) is 12.7. The van der Waals surface area contributed by atoms with Gasteiger partial charge in [-0.25, -0.2) is 4.79 Å². The minimum atomic E-state index is -0.866. The van der Waals surface area contributed by atoms with Crippen molar-refractivity contribution in [2.24, 2.45) is 0 Å². The molecule has 0 aliphatic carbocycles. The Morgan fingerprint density at radius 2 is 2.17 bits per heavy atom. The van der Waals surface area contributed by atoms with E-state index in [0.717, 1.165) is 18.4 Å². The Morgan fingerprint density at radius 1 is 1.35 bits per heavy atom. The van der Waals surface area contributed by atoms with Crippen LogP contribution in [0.5, 0.6) is 0 Å². The maximum atomic E-state index is 11.1. The van der Waals surface area contributed by atoms with Gasteiger partial charge >= 0.3 is 6.09 Å². The van der Waals surface area contributed by atoms with Gasteiger partial charge in [-0.15, -0.1) is 0 Å². The lowest BCUT2D eigenvalue weighted by molar-refractivity contribution is 0.0404. The van der Waals surface area contributed by atoms with Crippen LogP contribution < -0.4 is 0 Å². The highest BCUT2D eigenvalue weighted by Gasteiger charge is 2.41. The summed E-state index contributed by atoms with van der Waals surface area (Å²) in [7, 11) is 0. The molecule has 0 spiro atoms. The summed E-state index contributed by atoms with van der Waals surface area (Å²) in [5.74, 6) is 5.88. The molecular formula is C17H19ClN2O3. The Balaban J connectivity index is 1.66. The molecule has 3 atom stereocenters. The van der Waals surface area contributed by atoms with E-state index < -0.39 is 12.2 Å². The lowest BCUT2D eigenvalue weighted by Crippen LogP contribution is -2.55. The number of aliphatic hydroxyl groups excluding tert-OH is 1. The van der Waals surface area contributed by atoms with Crippen molar-refractivity contribution in [1.82, 2.24) is 9.80 Å². The van der Waals surface area contributed by atoms with Crippen molar-refractivity contribution < 1.29 is 15.0 Å². The van der Waals surface area contributed by atoms with Gasteiger partial charge in [0.15, 0.2) is 0 Å². The normalized spacial score (nSPS) is 25.4. The molecule has 0 saturated carbocycles. The number of aliphatic hydroxyl groups is 1. The summed E-state index contributed by atoms with van der Waals surface area (Å²) in [6.07, 6.45) is 0.123. The maximum Gasteiger partial charge on any atom is 0.407 e. The van der Waals surface area contributed by atoms with E-state index in [2.05, 4.69) is 16.7 Å². The summed E-state index contributed by atoms with van der Waals surface area (Å²) in [6, 6.07) is 7.40. The van der Waals surface area contributed by atoms with E-state index in [9.17, 15) is 9.90 Å². The first-order valence-corrected chi connectivity index (χ1v) is 8.11. The van der Waals surface area contributed by atoms with Gasteiger partial charge in [-0.1, -0.05) is 29.5 Å². The van der Waals surface area contributed by atoms with Crippen LogP contribution in [-0.2, 0) is 0 Å². The van der Waals surface area contributed by atoms with Crippen molar-refractivity contribution in [3.63, 3.8) is 0 Å². The zero-order chi connectivity index (χ0) is 16.4. The summed E-state index contributed by atoms with van der Waals surface area (Å²) in [6.45, 7) is 1.65. The number of amides is 1. The molecule has 2 heterocycles. The summed E-state index contributed by atoms with van der Waals surface area (Å²) in [5, 5.41) is 20.1. The van der Waals surface area contributed by atoms with Gasteiger partial charge in [0.1, 0.15) is 6.10 Å². The molecule has 122 valence electrons. The summed E-state index contributed by atoms with van der Waals surface area (Å²) < 4.78 is 0. The number of benzene rings is 1. The van der Waals surface area contributed by atoms with Crippen LogP contribution in [-0.4, -0.2) is 63.9 Å². The molecule has 1 amide bonds. The van der Waals surface area contributed by atoms with Crippen LogP contribution in [0.25, 0.3) is 0 Å². The fourth-order valence-electron chi connectivity index (χ4n) is 3.42. The van der Waals surface area contributed by atoms with Crippen LogP contribution in [0.1, 0.15) is 18.4 Å². The number of fused-ring (bicyclic) bond motifs is 1. The van der Waals surface area contributed by atoms with Gasteiger partial charge in [-0.05, 0) is 31.0 Å². The predicted molar refractivity (Wildman–Crippen MR) is 87.5 cm³/mol. The van der Waals surface area contributed by atoms with E-state index in [0.29, 0.717) is 24.7 Å². The Kier molecular flexibility index (Phi) is 4.76. The molecule has 1 unspecified atom stereocenters. The number of hydrogen-bond acceptors (Lipinski definition) is 3. The molecular weight excluding hydrogens is 316 g/mol. The zero-order valence-corrected chi connectivity index (χ0v) is 13.4. The Morgan fingerprint density at radius 3 is 2.91 bits per heavy atom. The quantitative estimate of drug-likeness (QED) is 0.770. The minimum absolute atomic E-state index is 0.0253. The highest BCUT2D eigenvalue weighted by Crippen LogP contribution is 2.29. The number of rotatable bonds is 1. The Labute approximate surface area is 140 Å². The van der Waals surface area contributed by atoms with Crippen molar-refractivity contribution in [3.8, 4) is 11.8 Å². The first-order valence-electron chi connectivity index (χ1n) is 7.73. The van der Waals surface area contributed by atoms with Crippen LogP contribution in [0.4, 0.5) is 4.79 Å². The minimum Gasteiger partial charge on any atom is -0.465 e. The lowest BCUT2D eigenvalue weighted by Gasteiger charge is -2.39. The summed E-state index contributed by atoms with van der Waals surface area (Å²) in [5.41, 5.74) is 0.779. The third-order valence-corrected chi connectivity index (χ3v) is 4.81. The van der Waals surface area contributed by atoms with Crippen LogP contribution >= 0.6 is 11.6 Å². The first-order chi connectivity index (χ1) is 11.0. The lowest BCUT2D eigenvalue weighted by atomic mass is 10.1. The molecule has 0 radical (unpaired) electrons. The second kappa shape index (κ2) is 6.79. The van der Waals surface area contributed by atoms with Gasteiger partial charge in [-0.2, -0.15) is 0 Å². The van der Waals surface area contributed by atoms with E-state index in [4.69, 9.17) is 16.7 Å². The van der Waals surface area contributed by atoms with E-state index >= 15 is 0 Å². The number of hydrogen-bond donors (Lipinski definition) is 2. The number of carboxylic acid groups (broad SMARTS) is 1. The molecule has 5 nitrogen and oxygen atoms in total. The van der Waals surface area contributed by atoms with Gasteiger partial charge in [0.2, 0.25) is 0 Å². The van der Waals surface area contributed by atoms with Gasteiger partial charge in [0, 0.05) is 42.3 Å². The van der Waals surface area contributed by atoms with Gasteiger partial charge in [0.05, 0.1) is 0 Å². The van der Waals surface area contributed by atoms with E-state index in [1.165, 1.54) is 4.90 Å². The van der Waals surface area contributed by atoms with Crippen LogP contribution in [0.15, 0.2) is 24.3 Å². The standard InChI is InChI=1S/C17H19ClN2O3/c18-13-3-1-2-12(10-13)4-7-16(21)15-6-5-14-11-19(17(22)23)8-9-20(14)15/h1-3,10,14-16,21H,5-6,8-9,11H2,(H,22,23)/t14-,15+,16?/m0/s1. The molecule has 2 saturated heterocycles. The number of carbonyl (C=O) groups is 1. The third-order valence-electron chi connectivity index (χ3n) is 4.57. The van der Waals surface area contributed by atoms with Crippen molar-refractivity contribution >= 4 is 17.7 Å². The van der Waals surface area contributed by atoms with Crippen molar-refractivity contribution in [3.05, 3.63) is 34.9 Å². The number of halogens is 1. The fraction of sp³-hybridized carbons (Fsp3) is 0.471. The van der Waals surface area contributed by atoms with E-state index in [1.807, 2.05) is 12.1 Å². The van der Waals surface area contributed by atoms with Crippen LogP contribution in [0, 0.1) is 11.8 Å². The van der Waals surface area contributed by atoms with E-state index in [-0.39, 0.29) is 12.1 Å². The van der Waals surface area contributed by atoms with Crippen molar-refractivity contribution in [2.45, 2.75) is 31.0 Å². The highest BCUT2D eigenvalue weighted by atomic mass is 35.5. The van der Waals surface area contributed by atoms with Crippen molar-refractivity contribution in [1.29, 1.82) is 0 Å². The molecule has 2 aliphatic heterocycles. The molecule has 3 rings (SSSR count). The molecule has 1 aromatic carbocycles. The molecule has 2 aliphatic rings. The molecule has 23 heavy (non-hydrogen) atoms. The maximum absolute atomic E-state index is 11.1. The summed E-state index contributed by atoms with van der Waals surface area (Å²) >= 11 is 5.93. The van der Waals surface area contributed by atoms with Crippen LogP contribution in [0.2, 0.25) is 5.02 Å². The number of nitrogens with zero attached hydrogens (tertiary/aromatic N) is 2. The van der Waals surface area contributed by atoms with Gasteiger partial charge in [0.25, 0.3) is 0 Å². The van der Waals surface area contributed by atoms with Gasteiger partial charge < -0.3 is 15.1 Å².